The van der Waals surface area contributed by atoms with Crippen LogP contribution < -0.4 is 10.6 Å². The predicted molar refractivity (Wildman–Crippen MR) is 90.9 cm³/mol. The highest BCUT2D eigenvalue weighted by Gasteiger charge is 2.35. The first-order valence-corrected chi connectivity index (χ1v) is 8.46. The molecular weight excluding hydrogens is 316 g/mol. The Bertz CT molecular complexity index is 514. The minimum Gasteiger partial charge on any atom is -0.394 e. The molecule has 1 heterocycles. The molecule has 1 fully saturated rings. The molecule has 0 aliphatic carbocycles. The molecule has 23 heavy (non-hydrogen) atoms. The van der Waals surface area contributed by atoms with E-state index >= 15 is 0 Å². The smallest absolute Gasteiger partial charge is 0.315 e. The molecule has 0 spiro atoms. The summed E-state index contributed by atoms with van der Waals surface area (Å²) in [5.41, 5.74) is 0.962. The van der Waals surface area contributed by atoms with Gasteiger partial charge in [-0.25, -0.2) is 4.79 Å². The first-order chi connectivity index (χ1) is 11.1. The topological polar surface area (TPSA) is 70.6 Å². The van der Waals surface area contributed by atoms with E-state index in [0.717, 1.165) is 18.4 Å². The molecule has 0 bridgehead atoms. The third-order valence-corrected chi connectivity index (χ3v) is 4.76. The standard InChI is InChI=1S/C17H25ClN2O3/c1-2-15(11-21)20-16(22)19-12-17(6-8-23-9-7-17)13-4-3-5-14(18)10-13/h3-5,10,15,21H,2,6-9,11-12H2,1H3,(H2,19,20,22). The first kappa shape index (κ1) is 18.0. The van der Waals surface area contributed by atoms with Crippen LogP contribution in [0.3, 0.4) is 0 Å². The van der Waals surface area contributed by atoms with E-state index in [1.165, 1.54) is 0 Å². The SMILES string of the molecule is CCC(CO)NC(=O)NCC1(c2cccc(Cl)c2)CCOCC1. The molecule has 2 amide bonds. The van der Waals surface area contributed by atoms with Crippen LogP contribution in [0, 0.1) is 0 Å². The van der Waals surface area contributed by atoms with Crippen LogP contribution in [-0.2, 0) is 10.2 Å². The van der Waals surface area contributed by atoms with Gasteiger partial charge in [-0.3, -0.25) is 0 Å². The summed E-state index contributed by atoms with van der Waals surface area (Å²) in [7, 11) is 0. The number of aliphatic hydroxyl groups excluding tert-OH is 1. The number of halogens is 1. The largest absolute Gasteiger partial charge is 0.394 e. The first-order valence-electron chi connectivity index (χ1n) is 8.08. The molecule has 1 unspecified atom stereocenters. The van der Waals surface area contributed by atoms with Gasteiger partial charge in [-0.05, 0) is 37.0 Å². The minimum absolute atomic E-state index is 0.0583. The lowest BCUT2D eigenvalue weighted by Crippen LogP contribution is -2.50. The molecule has 128 valence electrons. The molecule has 0 radical (unpaired) electrons. The zero-order valence-electron chi connectivity index (χ0n) is 13.5. The number of aliphatic hydroxyl groups is 1. The van der Waals surface area contributed by atoms with E-state index in [2.05, 4.69) is 16.7 Å². The summed E-state index contributed by atoms with van der Waals surface area (Å²) in [6.07, 6.45) is 2.37. The van der Waals surface area contributed by atoms with Gasteiger partial charge in [0.25, 0.3) is 0 Å². The van der Waals surface area contributed by atoms with E-state index in [0.29, 0.717) is 31.2 Å². The highest BCUT2D eigenvalue weighted by Crippen LogP contribution is 2.35. The van der Waals surface area contributed by atoms with E-state index in [1.54, 1.807) is 0 Å². The Balaban J connectivity index is 2.06. The van der Waals surface area contributed by atoms with E-state index in [4.69, 9.17) is 16.3 Å². The number of urea groups is 1. The summed E-state index contributed by atoms with van der Waals surface area (Å²) in [5.74, 6) is 0. The quantitative estimate of drug-likeness (QED) is 0.745. The predicted octanol–water partition coefficient (Wildman–Crippen LogP) is 2.46. The number of rotatable bonds is 6. The van der Waals surface area contributed by atoms with Crippen molar-refractivity contribution in [3.05, 3.63) is 34.9 Å². The Labute approximate surface area is 142 Å². The van der Waals surface area contributed by atoms with Gasteiger partial charge in [-0.15, -0.1) is 0 Å². The van der Waals surface area contributed by atoms with E-state index < -0.39 is 0 Å². The summed E-state index contributed by atoms with van der Waals surface area (Å²) in [4.78, 5) is 12.1. The van der Waals surface area contributed by atoms with Gasteiger partial charge < -0.3 is 20.5 Å². The molecule has 1 atom stereocenters. The maximum absolute atomic E-state index is 12.1. The Hall–Kier alpha value is -1.30. The molecule has 3 N–H and O–H groups in total. The van der Waals surface area contributed by atoms with Crippen LogP contribution in [0.2, 0.25) is 5.02 Å². The molecule has 0 aromatic heterocycles. The number of carbonyl (C=O) groups is 1. The van der Waals surface area contributed by atoms with Crippen LogP contribution in [0.25, 0.3) is 0 Å². The molecule has 1 aromatic rings. The number of ether oxygens (including phenoxy) is 1. The fraction of sp³-hybridized carbons (Fsp3) is 0.588. The Kier molecular flexibility index (Phi) is 6.69. The summed E-state index contributed by atoms with van der Waals surface area (Å²) >= 11 is 6.14. The summed E-state index contributed by atoms with van der Waals surface area (Å²) in [6, 6.07) is 7.35. The summed E-state index contributed by atoms with van der Waals surface area (Å²) in [6.45, 7) is 3.72. The summed E-state index contributed by atoms with van der Waals surface area (Å²) in [5, 5.41) is 15.6. The maximum atomic E-state index is 12.1. The second-order valence-electron chi connectivity index (χ2n) is 6.02. The van der Waals surface area contributed by atoms with Crippen molar-refractivity contribution in [1.29, 1.82) is 0 Å². The van der Waals surface area contributed by atoms with Crippen LogP contribution in [0.5, 0.6) is 0 Å². The second-order valence-corrected chi connectivity index (χ2v) is 6.45. The fourth-order valence-corrected chi connectivity index (χ4v) is 3.10. The van der Waals surface area contributed by atoms with Crippen molar-refractivity contribution in [2.45, 2.75) is 37.6 Å². The van der Waals surface area contributed by atoms with Gasteiger partial charge in [-0.1, -0.05) is 30.7 Å². The number of hydrogen-bond acceptors (Lipinski definition) is 3. The van der Waals surface area contributed by atoms with Crippen LogP contribution in [0.4, 0.5) is 4.79 Å². The molecule has 5 nitrogen and oxygen atoms in total. The molecule has 1 aliphatic heterocycles. The van der Waals surface area contributed by atoms with Gasteiger partial charge in [0, 0.05) is 30.2 Å². The van der Waals surface area contributed by atoms with E-state index in [-0.39, 0.29) is 24.1 Å². The van der Waals surface area contributed by atoms with Crippen molar-refractivity contribution >= 4 is 17.6 Å². The van der Waals surface area contributed by atoms with Crippen molar-refractivity contribution < 1.29 is 14.6 Å². The molecule has 2 rings (SSSR count). The van der Waals surface area contributed by atoms with Crippen molar-refractivity contribution in [3.8, 4) is 0 Å². The molecule has 1 aliphatic rings. The Morgan fingerprint density at radius 2 is 2.17 bits per heavy atom. The third-order valence-electron chi connectivity index (χ3n) is 4.52. The third kappa shape index (κ3) is 4.83. The average molecular weight is 341 g/mol. The lowest BCUT2D eigenvalue weighted by Gasteiger charge is -2.38. The Morgan fingerprint density at radius 3 is 2.78 bits per heavy atom. The molecule has 6 heteroatoms. The van der Waals surface area contributed by atoms with E-state index in [1.807, 2.05) is 25.1 Å². The van der Waals surface area contributed by atoms with Crippen molar-refractivity contribution in [3.63, 3.8) is 0 Å². The highest BCUT2D eigenvalue weighted by molar-refractivity contribution is 6.30. The van der Waals surface area contributed by atoms with Crippen LogP contribution in [0.1, 0.15) is 31.7 Å². The molecular formula is C17H25ClN2O3. The number of amides is 2. The van der Waals surface area contributed by atoms with Gasteiger partial charge in [0.2, 0.25) is 0 Å². The molecule has 1 saturated heterocycles. The van der Waals surface area contributed by atoms with Crippen molar-refractivity contribution in [1.82, 2.24) is 10.6 Å². The van der Waals surface area contributed by atoms with Gasteiger partial charge >= 0.3 is 6.03 Å². The molecule has 1 aromatic carbocycles. The molecule has 0 saturated carbocycles. The number of benzene rings is 1. The van der Waals surface area contributed by atoms with Gasteiger partial charge in [0.05, 0.1) is 12.6 Å². The van der Waals surface area contributed by atoms with Crippen LogP contribution >= 0.6 is 11.6 Å². The van der Waals surface area contributed by atoms with Crippen molar-refractivity contribution in [2.75, 3.05) is 26.4 Å². The second kappa shape index (κ2) is 8.52. The number of carbonyl (C=O) groups excluding carboxylic acids is 1. The van der Waals surface area contributed by atoms with Crippen molar-refractivity contribution in [2.24, 2.45) is 0 Å². The summed E-state index contributed by atoms with van der Waals surface area (Å²) < 4.78 is 5.49. The van der Waals surface area contributed by atoms with E-state index in [9.17, 15) is 9.90 Å². The fourth-order valence-electron chi connectivity index (χ4n) is 2.91. The van der Waals surface area contributed by atoms with Crippen LogP contribution in [0.15, 0.2) is 24.3 Å². The maximum Gasteiger partial charge on any atom is 0.315 e. The zero-order valence-corrected chi connectivity index (χ0v) is 14.2. The Morgan fingerprint density at radius 1 is 1.43 bits per heavy atom. The highest BCUT2D eigenvalue weighted by atomic mass is 35.5. The van der Waals surface area contributed by atoms with Gasteiger partial charge in [-0.2, -0.15) is 0 Å². The zero-order chi connectivity index (χ0) is 16.7. The van der Waals surface area contributed by atoms with Crippen LogP contribution in [-0.4, -0.2) is 43.5 Å². The average Bonchev–Trinajstić information content (AvgIpc) is 2.58. The lowest BCUT2D eigenvalue weighted by atomic mass is 9.74. The minimum atomic E-state index is -0.251. The lowest BCUT2D eigenvalue weighted by molar-refractivity contribution is 0.0506. The van der Waals surface area contributed by atoms with Gasteiger partial charge in [0.15, 0.2) is 0 Å². The monoisotopic (exact) mass is 340 g/mol. The normalized spacial score (nSPS) is 18.2. The van der Waals surface area contributed by atoms with Gasteiger partial charge in [0.1, 0.15) is 0 Å². The number of hydrogen-bond donors (Lipinski definition) is 3. The number of nitrogens with one attached hydrogen (secondary N) is 2.